The smallest absolute Gasteiger partial charge is 0.158 e. The Bertz CT molecular complexity index is 806. The van der Waals surface area contributed by atoms with E-state index in [1.54, 1.807) is 4.52 Å². The van der Waals surface area contributed by atoms with Gasteiger partial charge in [-0.05, 0) is 27.2 Å². The molecule has 0 amide bonds. The van der Waals surface area contributed by atoms with Crippen LogP contribution in [-0.2, 0) is 0 Å². The van der Waals surface area contributed by atoms with Crippen molar-refractivity contribution in [2.45, 2.75) is 27.2 Å². The van der Waals surface area contributed by atoms with E-state index in [2.05, 4.69) is 20.6 Å². The van der Waals surface area contributed by atoms with Crippen LogP contribution in [0.3, 0.4) is 0 Å². The zero-order valence-electron chi connectivity index (χ0n) is 12.9. The van der Waals surface area contributed by atoms with Crippen LogP contribution in [-0.4, -0.2) is 38.0 Å². The minimum absolute atomic E-state index is 0.155. The molecule has 7 nitrogen and oxygen atoms in total. The van der Waals surface area contributed by atoms with Crippen molar-refractivity contribution in [3.8, 4) is 11.4 Å². The van der Waals surface area contributed by atoms with E-state index in [4.69, 9.17) is 9.63 Å². The van der Waals surface area contributed by atoms with Gasteiger partial charge in [-0.1, -0.05) is 5.16 Å². The highest BCUT2D eigenvalue weighted by Crippen LogP contribution is 2.24. The van der Waals surface area contributed by atoms with Crippen molar-refractivity contribution in [1.82, 2.24) is 19.8 Å². The number of aryl methyl sites for hydroxylation is 2. The van der Waals surface area contributed by atoms with Crippen LogP contribution >= 0.6 is 0 Å². The molecule has 116 valence electrons. The number of fused-ring (bicyclic) bond motifs is 1. The summed E-state index contributed by atoms with van der Waals surface area (Å²) in [6.45, 7) is 6.65. The van der Waals surface area contributed by atoms with Gasteiger partial charge in [0.1, 0.15) is 23.0 Å². The standard InChI is InChI=1S/C15H19N5O2/c1-9-7-13(19-22-9)12-8-14-17-11(3)10(2)15(20(14)18-12)16-5-4-6-21/h7-8,16,21H,4-6H2,1-3H3. The topological polar surface area (TPSA) is 88.5 Å². The van der Waals surface area contributed by atoms with Crippen LogP contribution in [0.1, 0.15) is 23.4 Å². The predicted molar refractivity (Wildman–Crippen MR) is 82.9 cm³/mol. The Labute approximate surface area is 128 Å². The summed E-state index contributed by atoms with van der Waals surface area (Å²) in [4.78, 5) is 4.57. The first-order valence-electron chi connectivity index (χ1n) is 7.25. The van der Waals surface area contributed by atoms with E-state index >= 15 is 0 Å². The lowest BCUT2D eigenvalue weighted by atomic mass is 10.2. The summed E-state index contributed by atoms with van der Waals surface area (Å²) >= 11 is 0. The quantitative estimate of drug-likeness (QED) is 0.702. The van der Waals surface area contributed by atoms with Crippen LogP contribution in [0.25, 0.3) is 17.0 Å². The van der Waals surface area contributed by atoms with Crippen molar-refractivity contribution >= 4 is 11.5 Å². The van der Waals surface area contributed by atoms with Crippen molar-refractivity contribution in [2.75, 3.05) is 18.5 Å². The maximum absolute atomic E-state index is 8.94. The minimum atomic E-state index is 0.155. The van der Waals surface area contributed by atoms with Gasteiger partial charge >= 0.3 is 0 Å². The third kappa shape index (κ3) is 2.55. The van der Waals surface area contributed by atoms with E-state index in [9.17, 15) is 0 Å². The number of nitrogens with zero attached hydrogens (tertiary/aromatic N) is 4. The van der Waals surface area contributed by atoms with E-state index in [1.165, 1.54) is 0 Å². The SMILES string of the molecule is Cc1cc(-c2cc3nc(C)c(C)c(NCCCO)n3n2)no1. The van der Waals surface area contributed by atoms with Gasteiger partial charge in [-0.3, -0.25) is 0 Å². The molecular weight excluding hydrogens is 282 g/mol. The van der Waals surface area contributed by atoms with E-state index in [0.29, 0.717) is 18.7 Å². The number of rotatable bonds is 5. The molecule has 0 spiro atoms. The van der Waals surface area contributed by atoms with Crippen molar-refractivity contribution in [3.63, 3.8) is 0 Å². The predicted octanol–water partition coefficient (Wildman–Crippen LogP) is 2.10. The van der Waals surface area contributed by atoms with Gasteiger partial charge in [0, 0.05) is 36.5 Å². The van der Waals surface area contributed by atoms with Gasteiger partial charge in [-0.2, -0.15) is 9.61 Å². The van der Waals surface area contributed by atoms with Gasteiger partial charge in [0.15, 0.2) is 5.65 Å². The van der Waals surface area contributed by atoms with Gasteiger partial charge in [0.05, 0.1) is 0 Å². The minimum Gasteiger partial charge on any atom is -0.396 e. The zero-order chi connectivity index (χ0) is 15.7. The van der Waals surface area contributed by atoms with Gasteiger partial charge in [-0.25, -0.2) is 4.98 Å². The summed E-state index contributed by atoms with van der Waals surface area (Å²) < 4.78 is 6.89. The Balaban J connectivity index is 2.08. The molecule has 3 aromatic rings. The third-order valence-electron chi connectivity index (χ3n) is 3.60. The number of aliphatic hydroxyl groups is 1. The van der Waals surface area contributed by atoms with Gasteiger partial charge < -0.3 is 14.9 Å². The fraction of sp³-hybridized carbons (Fsp3) is 0.400. The summed E-state index contributed by atoms with van der Waals surface area (Å²) in [5.74, 6) is 1.64. The Kier molecular flexibility index (Phi) is 3.81. The molecule has 3 aromatic heterocycles. The van der Waals surface area contributed by atoms with Crippen LogP contribution in [0.15, 0.2) is 16.7 Å². The molecule has 0 bridgehead atoms. The third-order valence-corrected chi connectivity index (χ3v) is 3.60. The molecule has 3 heterocycles. The molecule has 7 heteroatoms. The lowest BCUT2D eigenvalue weighted by molar-refractivity contribution is 0.292. The fourth-order valence-electron chi connectivity index (χ4n) is 2.31. The Morgan fingerprint density at radius 1 is 1.23 bits per heavy atom. The maximum atomic E-state index is 8.94. The Morgan fingerprint density at radius 3 is 2.73 bits per heavy atom. The molecule has 0 saturated heterocycles. The Morgan fingerprint density at radius 2 is 2.05 bits per heavy atom. The number of hydrogen-bond acceptors (Lipinski definition) is 6. The van der Waals surface area contributed by atoms with Gasteiger partial charge in [0.2, 0.25) is 0 Å². The summed E-state index contributed by atoms with van der Waals surface area (Å²) in [5.41, 5.74) is 4.16. The number of aliphatic hydroxyl groups excluding tert-OH is 1. The van der Waals surface area contributed by atoms with E-state index < -0.39 is 0 Å². The molecule has 0 aliphatic rings. The fourth-order valence-corrected chi connectivity index (χ4v) is 2.31. The van der Waals surface area contributed by atoms with E-state index in [-0.39, 0.29) is 6.61 Å². The maximum Gasteiger partial charge on any atom is 0.158 e. The average molecular weight is 301 g/mol. The van der Waals surface area contributed by atoms with Crippen molar-refractivity contribution in [1.29, 1.82) is 0 Å². The van der Waals surface area contributed by atoms with Gasteiger partial charge in [0.25, 0.3) is 0 Å². The summed E-state index contributed by atoms with van der Waals surface area (Å²) in [6.07, 6.45) is 0.679. The first kappa shape index (κ1) is 14.5. The highest BCUT2D eigenvalue weighted by molar-refractivity contribution is 5.64. The van der Waals surface area contributed by atoms with E-state index in [1.807, 2.05) is 32.9 Å². The Hall–Kier alpha value is -2.41. The molecule has 2 N–H and O–H groups in total. The normalized spacial score (nSPS) is 11.3. The summed E-state index contributed by atoms with van der Waals surface area (Å²) in [7, 11) is 0. The number of nitrogens with one attached hydrogen (secondary N) is 1. The number of anilines is 1. The summed E-state index contributed by atoms with van der Waals surface area (Å²) in [5, 5.41) is 20.9. The molecule has 0 aromatic carbocycles. The van der Waals surface area contributed by atoms with Crippen LogP contribution in [0.5, 0.6) is 0 Å². The highest BCUT2D eigenvalue weighted by Gasteiger charge is 2.15. The molecule has 0 fully saturated rings. The molecule has 0 unspecified atom stereocenters. The zero-order valence-corrected chi connectivity index (χ0v) is 12.9. The molecular formula is C15H19N5O2. The highest BCUT2D eigenvalue weighted by atomic mass is 16.5. The monoisotopic (exact) mass is 301 g/mol. The molecule has 22 heavy (non-hydrogen) atoms. The van der Waals surface area contributed by atoms with Crippen molar-refractivity contribution < 1.29 is 9.63 Å². The van der Waals surface area contributed by atoms with E-state index in [0.717, 1.165) is 34.2 Å². The first-order valence-corrected chi connectivity index (χ1v) is 7.25. The van der Waals surface area contributed by atoms with Gasteiger partial charge in [-0.15, -0.1) is 0 Å². The lowest BCUT2D eigenvalue weighted by Gasteiger charge is -2.12. The first-order chi connectivity index (χ1) is 10.6. The van der Waals surface area contributed by atoms with Crippen LogP contribution in [0.4, 0.5) is 5.82 Å². The van der Waals surface area contributed by atoms with Crippen LogP contribution < -0.4 is 5.32 Å². The second-order valence-electron chi connectivity index (χ2n) is 5.30. The summed E-state index contributed by atoms with van der Waals surface area (Å²) in [6, 6.07) is 3.74. The second-order valence-corrected chi connectivity index (χ2v) is 5.30. The lowest BCUT2D eigenvalue weighted by Crippen LogP contribution is -2.11. The molecule has 0 atom stereocenters. The van der Waals surface area contributed by atoms with Crippen LogP contribution in [0, 0.1) is 20.8 Å². The molecule has 0 aliphatic heterocycles. The van der Waals surface area contributed by atoms with Crippen molar-refractivity contribution in [2.24, 2.45) is 0 Å². The number of hydrogen-bond donors (Lipinski definition) is 2. The van der Waals surface area contributed by atoms with Crippen LogP contribution in [0.2, 0.25) is 0 Å². The molecule has 3 rings (SSSR count). The van der Waals surface area contributed by atoms with Crippen molar-refractivity contribution in [3.05, 3.63) is 29.2 Å². The molecule has 0 radical (unpaired) electrons. The largest absolute Gasteiger partial charge is 0.396 e. The molecule has 0 aliphatic carbocycles. The number of aromatic nitrogens is 4. The average Bonchev–Trinajstić information content (AvgIpc) is 3.09. The molecule has 0 saturated carbocycles. The second kappa shape index (κ2) is 5.76.